The minimum Gasteiger partial charge on any atom is -0.295 e. The summed E-state index contributed by atoms with van der Waals surface area (Å²) in [5.41, 5.74) is 5.39. The van der Waals surface area contributed by atoms with Gasteiger partial charge >= 0.3 is 0 Å². The Labute approximate surface area is 211 Å². The number of rotatable bonds is 5. The van der Waals surface area contributed by atoms with E-state index in [0.29, 0.717) is 22.8 Å². The number of halogens is 1. The number of benzene rings is 3. The number of nitrogens with zero attached hydrogens (tertiary/aromatic N) is 6. The van der Waals surface area contributed by atoms with Gasteiger partial charge in [0.1, 0.15) is 22.6 Å². The van der Waals surface area contributed by atoms with Crippen molar-refractivity contribution in [2.24, 2.45) is 0 Å². The van der Waals surface area contributed by atoms with E-state index < -0.39 is 0 Å². The summed E-state index contributed by atoms with van der Waals surface area (Å²) in [6, 6.07) is 25.6. The van der Waals surface area contributed by atoms with E-state index >= 15 is 0 Å². The largest absolute Gasteiger partial charge is 0.295 e. The van der Waals surface area contributed by atoms with Gasteiger partial charge in [0, 0.05) is 17.4 Å². The minimum atomic E-state index is -0.350. The number of aromatic nitrogens is 5. The lowest BCUT2D eigenvalue weighted by Gasteiger charge is -2.24. The summed E-state index contributed by atoms with van der Waals surface area (Å²) in [5, 5.41) is 13.5. The molecule has 7 nitrogen and oxygen atoms in total. The first-order valence-electron chi connectivity index (χ1n) is 11.4. The van der Waals surface area contributed by atoms with Crippen LogP contribution in [0.5, 0.6) is 0 Å². The van der Waals surface area contributed by atoms with Crippen LogP contribution in [0.15, 0.2) is 91.1 Å². The molecule has 1 saturated heterocycles. The molecule has 0 radical (unpaired) electrons. The van der Waals surface area contributed by atoms with Gasteiger partial charge in [-0.1, -0.05) is 41.6 Å². The molecule has 36 heavy (non-hydrogen) atoms. The van der Waals surface area contributed by atoms with Crippen molar-refractivity contribution in [1.82, 2.24) is 24.8 Å². The van der Waals surface area contributed by atoms with Gasteiger partial charge in [0.05, 0.1) is 22.8 Å². The van der Waals surface area contributed by atoms with Gasteiger partial charge in [0.2, 0.25) is 5.91 Å². The summed E-state index contributed by atoms with van der Waals surface area (Å²) in [5.74, 6) is -0.0757. The lowest BCUT2D eigenvalue weighted by atomic mass is 10.1. The summed E-state index contributed by atoms with van der Waals surface area (Å²) in [6.07, 6.45) is 1.94. The first-order chi connectivity index (χ1) is 17.6. The fraction of sp³-hybridized carbons (Fsp3) is 0.111. The monoisotopic (exact) mass is 496 g/mol. The van der Waals surface area contributed by atoms with Crippen molar-refractivity contribution >= 4 is 23.4 Å². The third-order valence-corrected chi connectivity index (χ3v) is 7.32. The minimum absolute atomic E-state index is 0.0420. The quantitative estimate of drug-likeness (QED) is 0.328. The summed E-state index contributed by atoms with van der Waals surface area (Å²) >= 11 is 1.51. The molecule has 0 aliphatic carbocycles. The zero-order valence-electron chi connectivity index (χ0n) is 19.3. The Bertz CT molecular complexity index is 1530. The maximum atomic E-state index is 13.6. The van der Waals surface area contributed by atoms with Gasteiger partial charge in [-0.15, -0.1) is 16.9 Å². The number of carbonyl (C=O) groups excluding carboxylic acids is 1. The number of thioether (sulfide) groups is 1. The van der Waals surface area contributed by atoms with E-state index in [1.54, 1.807) is 26.4 Å². The van der Waals surface area contributed by atoms with E-state index in [2.05, 4.69) is 10.3 Å². The highest BCUT2D eigenvalue weighted by Gasteiger charge is 2.38. The lowest BCUT2D eigenvalue weighted by Crippen LogP contribution is -2.27. The van der Waals surface area contributed by atoms with Crippen molar-refractivity contribution in [2.75, 3.05) is 10.7 Å². The molecule has 2 aromatic heterocycles. The highest BCUT2D eigenvalue weighted by Crippen LogP contribution is 2.45. The molecule has 0 N–H and O–H groups in total. The molecule has 0 bridgehead atoms. The van der Waals surface area contributed by atoms with Crippen LogP contribution in [0.2, 0.25) is 0 Å². The summed E-state index contributed by atoms with van der Waals surface area (Å²) < 4.78 is 17.2. The van der Waals surface area contributed by atoms with Crippen LogP contribution in [-0.4, -0.2) is 36.4 Å². The molecule has 1 fully saturated rings. The van der Waals surface area contributed by atoms with Crippen molar-refractivity contribution in [1.29, 1.82) is 0 Å². The molecular weight excluding hydrogens is 475 g/mol. The van der Waals surface area contributed by atoms with Crippen molar-refractivity contribution in [3.05, 3.63) is 108 Å². The Balaban J connectivity index is 1.50. The molecular formula is C27H21FN6OS. The number of para-hydroxylation sites is 2. The summed E-state index contributed by atoms with van der Waals surface area (Å²) in [7, 11) is 0. The van der Waals surface area contributed by atoms with E-state index in [4.69, 9.17) is 5.10 Å². The molecule has 0 saturated carbocycles. The van der Waals surface area contributed by atoms with Crippen molar-refractivity contribution < 1.29 is 9.18 Å². The van der Waals surface area contributed by atoms with E-state index in [9.17, 15) is 9.18 Å². The topological polar surface area (TPSA) is 68.8 Å². The predicted octanol–water partition coefficient (Wildman–Crippen LogP) is 5.35. The molecule has 9 heteroatoms. The van der Waals surface area contributed by atoms with Gasteiger partial charge in [0.25, 0.3) is 0 Å². The average Bonchev–Trinajstić information content (AvgIpc) is 3.62. The van der Waals surface area contributed by atoms with Crippen molar-refractivity contribution in [3.8, 4) is 22.8 Å². The second kappa shape index (κ2) is 9.09. The molecule has 1 aliphatic rings. The number of hydrogen-bond donors (Lipinski definition) is 0. The zero-order valence-corrected chi connectivity index (χ0v) is 20.1. The maximum Gasteiger partial charge on any atom is 0.238 e. The molecule has 1 unspecified atom stereocenters. The van der Waals surface area contributed by atoms with E-state index in [0.717, 1.165) is 22.6 Å². The normalized spacial score (nSPS) is 15.6. The Kier molecular flexibility index (Phi) is 5.61. The van der Waals surface area contributed by atoms with Gasteiger partial charge in [-0.05, 0) is 55.5 Å². The molecule has 1 amide bonds. The Morgan fingerprint density at radius 1 is 0.861 bits per heavy atom. The number of carbonyl (C=O) groups is 1. The fourth-order valence-electron chi connectivity index (χ4n) is 4.36. The van der Waals surface area contributed by atoms with Gasteiger partial charge in [-0.2, -0.15) is 5.10 Å². The maximum absolute atomic E-state index is 13.6. The Morgan fingerprint density at radius 3 is 2.22 bits per heavy atom. The van der Waals surface area contributed by atoms with Gasteiger partial charge in [-0.25, -0.2) is 13.8 Å². The molecule has 178 valence electrons. The molecule has 3 aromatic carbocycles. The van der Waals surface area contributed by atoms with E-state index in [1.807, 2.05) is 73.8 Å². The van der Waals surface area contributed by atoms with Crippen LogP contribution in [0.1, 0.15) is 16.6 Å². The fourth-order valence-corrected chi connectivity index (χ4v) is 5.54. The highest BCUT2D eigenvalue weighted by atomic mass is 32.2. The number of hydrogen-bond acceptors (Lipinski definition) is 5. The highest BCUT2D eigenvalue weighted by molar-refractivity contribution is 8.00. The van der Waals surface area contributed by atoms with Crippen molar-refractivity contribution in [3.63, 3.8) is 0 Å². The number of amides is 1. The van der Waals surface area contributed by atoms with Gasteiger partial charge < -0.3 is 0 Å². The SMILES string of the molecule is Cc1c(-c2nn(-c3ccccc3)cc2C2SCC(=O)N2c2ccc(F)cc2)nnn1-c1ccccc1. The van der Waals surface area contributed by atoms with Crippen LogP contribution < -0.4 is 4.90 Å². The average molecular weight is 497 g/mol. The molecule has 6 rings (SSSR count). The first kappa shape index (κ1) is 22.2. The standard InChI is InChI=1S/C27H21FN6OS/c1-18-25(29-31-34(18)22-10-6-3-7-11-22)26-23(16-32(30-26)20-8-4-2-5-9-20)27-33(24(35)17-36-27)21-14-12-19(28)13-15-21/h2-16,27H,17H2,1H3. The molecule has 1 atom stereocenters. The second-order valence-corrected chi connectivity index (χ2v) is 9.46. The van der Waals surface area contributed by atoms with Crippen LogP contribution in [0.3, 0.4) is 0 Å². The van der Waals surface area contributed by atoms with Crippen LogP contribution in [-0.2, 0) is 4.79 Å². The smallest absolute Gasteiger partial charge is 0.238 e. The Hall–Kier alpha value is -4.24. The van der Waals surface area contributed by atoms with Crippen LogP contribution in [0, 0.1) is 12.7 Å². The summed E-state index contributed by atoms with van der Waals surface area (Å²) in [4.78, 5) is 14.7. The third-order valence-electron chi connectivity index (χ3n) is 6.12. The lowest BCUT2D eigenvalue weighted by molar-refractivity contribution is -0.115. The number of anilines is 1. The molecule has 3 heterocycles. The van der Waals surface area contributed by atoms with Gasteiger partial charge in [-0.3, -0.25) is 9.69 Å². The summed E-state index contributed by atoms with van der Waals surface area (Å²) in [6.45, 7) is 1.96. The van der Waals surface area contributed by atoms with Crippen molar-refractivity contribution in [2.45, 2.75) is 12.3 Å². The predicted molar refractivity (Wildman–Crippen MR) is 138 cm³/mol. The molecule has 0 spiro atoms. The third kappa shape index (κ3) is 3.87. The van der Waals surface area contributed by atoms with Crippen LogP contribution >= 0.6 is 11.8 Å². The Morgan fingerprint density at radius 2 is 1.53 bits per heavy atom. The molecule has 5 aromatic rings. The first-order valence-corrected chi connectivity index (χ1v) is 12.5. The van der Waals surface area contributed by atoms with E-state index in [1.165, 1.54) is 23.9 Å². The zero-order chi connectivity index (χ0) is 24.6. The second-order valence-electron chi connectivity index (χ2n) is 8.39. The van der Waals surface area contributed by atoms with Gasteiger partial charge in [0.15, 0.2) is 0 Å². The van der Waals surface area contributed by atoms with Crippen LogP contribution in [0.25, 0.3) is 22.8 Å². The van der Waals surface area contributed by atoms with E-state index in [-0.39, 0.29) is 17.1 Å². The van der Waals surface area contributed by atoms with Crippen LogP contribution in [0.4, 0.5) is 10.1 Å². The molecule has 1 aliphatic heterocycles.